The summed E-state index contributed by atoms with van der Waals surface area (Å²) in [5.74, 6) is 0.801. The fourth-order valence-electron chi connectivity index (χ4n) is 4.94. The van der Waals surface area contributed by atoms with Crippen LogP contribution in [0.15, 0.2) is 71.3 Å². The van der Waals surface area contributed by atoms with E-state index in [-0.39, 0.29) is 5.54 Å². The van der Waals surface area contributed by atoms with Crippen molar-refractivity contribution < 1.29 is 4.42 Å². The smallest absolute Gasteiger partial charge is 0.146 e. The van der Waals surface area contributed by atoms with Gasteiger partial charge in [-0.1, -0.05) is 54.6 Å². The van der Waals surface area contributed by atoms with E-state index in [2.05, 4.69) is 52.7 Å². The molecule has 5 aromatic rings. The van der Waals surface area contributed by atoms with Gasteiger partial charge in [0.2, 0.25) is 0 Å². The van der Waals surface area contributed by atoms with Crippen LogP contribution in [0.5, 0.6) is 0 Å². The molecule has 0 unspecified atom stereocenters. The Morgan fingerprint density at radius 2 is 1.70 bits per heavy atom. The lowest BCUT2D eigenvalue weighted by molar-refractivity contribution is 0.253. The Morgan fingerprint density at radius 1 is 0.939 bits per heavy atom. The van der Waals surface area contributed by atoms with Gasteiger partial charge in [-0.15, -0.1) is 0 Å². The number of nitrogens with zero attached hydrogens (tertiary/aromatic N) is 2. The molecule has 1 aliphatic rings. The summed E-state index contributed by atoms with van der Waals surface area (Å²) in [6.07, 6.45) is 5.20. The Morgan fingerprint density at radius 3 is 2.33 bits per heavy atom. The van der Waals surface area contributed by atoms with Gasteiger partial charge in [0.15, 0.2) is 0 Å². The Hall–Kier alpha value is -3.70. The van der Waals surface area contributed by atoms with Crippen molar-refractivity contribution in [3.05, 3.63) is 83.8 Å². The minimum Gasteiger partial charge on any atom is -0.455 e. The Labute approximate surface area is 192 Å². The zero-order valence-corrected chi connectivity index (χ0v) is 18.9. The van der Waals surface area contributed by atoms with Crippen molar-refractivity contribution in [3.8, 4) is 33.7 Å². The molecule has 164 valence electrons. The number of H-pyrrole nitrogens is 1. The van der Waals surface area contributed by atoms with Crippen LogP contribution >= 0.6 is 0 Å². The third-order valence-corrected chi connectivity index (χ3v) is 6.97. The van der Waals surface area contributed by atoms with Crippen LogP contribution < -0.4 is 5.73 Å². The largest absolute Gasteiger partial charge is 0.455 e. The monoisotopic (exact) mass is 434 g/mol. The molecule has 2 aromatic carbocycles. The van der Waals surface area contributed by atoms with E-state index in [0.29, 0.717) is 0 Å². The standard InChI is InChI=1S/C28H26N4O/c1-17-24(18(2)32-31-17)23-15-21-16-30-26(25(27(21)33-23)19-7-4-3-5-8-19)20-9-11-22(12-10-20)28(29)13-6-14-28/h3-5,7-12,15-16H,6,13-14,29H2,1-2H3,(H,31,32). The predicted molar refractivity (Wildman–Crippen MR) is 132 cm³/mol. The van der Waals surface area contributed by atoms with Crippen LogP contribution in [-0.4, -0.2) is 15.2 Å². The zero-order chi connectivity index (χ0) is 22.6. The highest BCUT2D eigenvalue weighted by molar-refractivity contribution is 6.00. The number of hydrogen-bond acceptors (Lipinski definition) is 4. The molecule has 3 aromatic heterocycles. The molecule has 0 radical (unpaired) electrons. The highest BCUT2D eigenvalue weighted by atomic mass is 16.3. The first-order chi connectivity index (χ1) is 16.0. The number of rotatable bonds is 4. The molecule has 1 saturated carbocycles. The third kappa shape index (κ3) is 3.19. The summed E-state index contributed by atoms with van der Waals surface area (Å²) in [5, 5.41) is 8.36. The molecule has 3 N–H and O–H groups in total. The molecule has 0 bridgehead atoms. The van der Waals surface area contributed by atoms with Gasteiger partial charge >= 0.3 is 0 Å². The molecule has 5 nitrogen and oxygen atoms in total. The summed E-state index contributed by atoms with van der Waals surface area (Å²) in [6.45, 7) is 4.00. The van der Waals surface area contributed by atoms with Crippen LogP contribution in [0.4, 0.5) is 0 Å². The van der Waals surface area contributed by atoms with E-state index in [1.165, 1.54) is 12.0 Å². The van der Waals surface area contributed by atoms with E-state index in [1.807, 2.05) is 38.2 Å². The normalized spacial score (nSPS) is 15.0. The van der Waals surface area contributed by atoms with Gasteiger partial charge in [-0.05, 0) is 50.3 Å². The van der Waals surface area contributed by atoms with Crippen LogP contribution in [-0.2, 0) is 5.54 Å². The van der Waals surface area contributed by atoms with Gasteiger partial charge in [0.25, 0.3) is 0 Å². The second-order valence-corrected chi connectivity index (χ2v) is 9.14. The van der Waals surface area contributed by atoms with Crippen molar-refractivity contribution >= 4 is 11.0 Å². The average Bonchev–Trinajstić information content (AvgIpc) is 3.39. The molecular weight excluding hydrogens is 408 g/mol. The number of benzene rings is 2. The Balaban J connectivity index is 1.55. The SMILES string of the molecule is Cc1n[nH]c(C)c1-c1cc2cnc(-c3ccc(C4(N)CCC4)cc3)c(-c3ccccc3)c2o1. The van der Waals surface area contributed by atoms with Crippen molar-refractivity contribution in [1.29, 1.82) is 0 Å². The number of aryl methyl sites for hydroxylation is 2. The van der Waals surface area contributed by atoms with Crippen LogP contribution in [0.3, 0.4) is 0 Å². The first-order valence-corrected chi connectivity index (χ1v) is 11.4. The molecular formula is C28H26N4O. The van der Waals surface area contributed by atoms with Gasteiger partial charge in [-0.2, -0.15) is 5.10 Å². The maximum atomic E-state index is 6.54. The van der Waals surface area contributed by atoms with Crippen LogP contribution in [0.2, 0.25) is 0 Å². The summed E-state index contributed by atoms with van der Waals surface area (Å²) >= 11 is 0. The Bertz CT molecular complexity index is 1440. The number of pyridine rings is 1. The lowest BCUT2D eigenvalue weighted by Gasteiger charge is -2.38. The minimum atomic E-state index is -0.172. The number of aromatic amines is 1. The van der Waals surface area contributed by atoms with Crippen molar-refractivity contribution in [2.24, 2.45) is 5.73 Å². The minimum absolute atomic E-state index is 0.172. The lowest BCUT2D eigenvalue weighted by atomic mass is 9.72. The molecule has 0 aliphatic heterocycles. The molecule has 1 aliphatic carbocycles. The maximum absolute atomic E-state index is 6.54. The zero-order valence-electron chi connectivity index (χ0n) is 18.9. The average molecular weight is 435 g/mol. The van der Waals surface area contributed by atoms with Crippen molar-refractivity contribution in [2.45, 2.75) is 38.6 Å². The van der Waals surface area contributed by atoms with E-state index in [4.69, 9.17) is 15.1 Å². The van der Waals surface area contributed by atoms with E-state index in [9.17, 15) is 0 Å². The molecule has 0 atom stereocenters. The number of hydrogen-bond donors (Lipinski definition) is 2. The molecule has 5 heteroatoms. The summed E-state index contributed by atoms with van der Waals surface area (Å²) in [5.41, 5.74) is 15.3. The van der Waals surface area contributed by atoms with Gasteiger partial charge in [0.1, 0.15) is 11.3 Å². The first kappa shape index (κ1) is 19.9. The third-order valence-electron chi connectivity index (χ3n) is 6.97. The first-order valence-electron chi connectivity index (χ1n) is 11.4. The van der Waals surface area contributed by atoms with Crippen molar-refractivity contribution in [2.75, 3.05) is 0 Å². The number of nitrogens with one attached hydrogen (secondary N) is 1. The molecule has 6 rings (SSSR count). The topological polar surface area (TPSA) is 80.7 Å². The van der Waals surface area contributed by atoms with Crippen molar-refractivity contribution in [1.82, 2.24) is 15.2 Å². The summed E-state index contributed by atoms with van der Waals surface area (Å²) in [6, 6.07) is 21.0. The number of fused-ring (bicyclic) bond motifs is 1. The summed E-state index contributed by atoms with van der Waals surface area (Å²) in [7, 11) is 0. The van der Waals surface area contributed by atoms with Gasteiger partial charge in [-0.25, -0.2) is 0 Å². The summed E-state index contributed by atoms with van der Waals surface area (Å²) in [4.78, 5) is 4.90. The highest BCUT2D eigenvalue weighted by Gasteiger charge is 2.34. The quantitative estimate of drug-likeness (QED) is 0.338. The van der Waals surface area contributed by atoms with Crippen LogP contribution in [0.25, 0.3) is 44.7 Å². The molecule has 0 spiro atoms. The fraction of sp³-hybridized carbons (Fsp3) is 0.214. The fourth-order valence-corrected chi connectivity index (χ4v) is 4.94. The van der Waals surface area contributed by atoms with Gasteiger partial charge < -0.3 is 10.2 Å². The van der Waals surface area contributed by atoms with E-state index in [1.54, 1.807) is 0 Å². The number of furan rings is 1. The van der Waals surface area contributed by atoms with E-state index in [0.717, 1.165) is 68.9 Å². The van der Waals surface area contributed by atoms with E-state index < -0.39 is 0 Å². The number of aromatic nitrogens is 3. The van der Waals surface area contributed by atoms with Gasteiger partial charge in [-0.3, -0.25) is 10.1 Å². The predicted octanol–water partition coefficient (Wildman–Crippen LogP) is 6.51. The van der Waals surface area contributed by atoms with Gasteiger partial charge in [0.05, 0.1) is 22.5 Å². The second-order valence-electron chi connectivity index (χ2n) is 9.14. The molecule has 3 heterocycles. The van der Waals surface area contributed by atoms with Gasteiger partial charge in [0, 0.05) is 28.4 Å². The second kappa shape index (κ2) is 7.42. The van der Waals surface area contributed by atoms with E-state index >= 15 is 0 Å². The summed E-state index contributed by atoms with van der Waals surface area (Å²) < 4.78 is 6.51. The molecule has 0 saturated heterocycles. The number of nitrogens with two attached hydrogens (primary N) is 1. The Kier molecular flexibility index (Phi) is 4.49. The lowest BCUT2D eigenvalue weighted by Crippen LogP contribution is -2.43. The molecule has 33 heavy (non-hydrogen) atoms. The van der Waals surface area contributed by atoms with Crippen LogP contribution in [0, 0.1) is 13.8 Å². The molecule has 0 amide bonds. The van der Waals surface area contributed by atoms with Crippen molar-refractivity contribution in [3.63, 3.8) is 0 Å². The highest BCUT2D eigenvalue weighted by Crippen LogP contribution is 2.42. The maximum Gasteiger partial charge on any atom is 0.146 e. The van der Waals surface area contributed by atoms with Crippen LogP contribution in [0.1, 0.15) is 36.2 Å². The molecule has 1 fully saturated rings.